The van der Waals surface area contributed by atoms with Crippen LogP contribution in [0.2, 0.25) is 0 Å². The SMILES string of the molecule is C/C=C/COc1cc(C)c(OCCCOc2cc(C)c(C=NOC)cc2C)c(C)c1. The second-order valence-corrected chi connectivity index (χ2v) is 7.21. The maximum atomic E-state index is 6.02. The Hall–Kier alpha value is -2.95. The van der Waals surface area contributed by atoms with Gasteiger partial charge in [0.2, 0.25) is 0 Å². The fourth-order valence-electron chi connectivity index (χ4n) is 3.09. The molecule has 0 spiro atoms. The molecule has 0 heterocycles. The van der Waals surface area contributed by atoms with Crippen LogP contribution in [0.1, 0.15) is 41.2 Å². The molecule has 0 aliphatic carbocycles. The highest BCUT2D eigenvalue weighted by Crippen LogP contribution is 2.29. The first-order valence-corrected chi connectivity index (χ1v) is 10.2. The van der Waals surface area contributed by atoms with Gasteiger partial charge < -0.3 is 19.0 Å². The van der Waals surface area contributed by atoms with Gasteiger partial charge in [0.05, 0.1) is 19.4 Å². The van der Waals surface area contributed by atoms with Crippen LogP contribution in [0.3, 0.4) is 0 Å². The number of benzene rings is 2. The summed E-state index contributed by atoms with van der Waals surface area (Å²) >= 11 is 0. The van der Waals surface area contributed by atoms with Gasteiger partial charge in [-0.3, -0.25) is 0 Å². The van der Waals surface area contributed by atoms with E-state index in [9.17, 15) is 0 Å². The zero-order chi connectivity index (χ0) is 21.9. The third-order valence-corrected chi connectivity index (χ3v) is 4.67. The van der Waals surface area contributed by atoms with E-state index in [0.717, 1.165) is 51.5 Å². The number of aryl methyl sites for hydroxylation is 4. The molecule has 0 atom stereocenters. The largest absolute Gasteiger partial charge is 0.493 e. The van der Waals surface area contributed by atoms with Crippen LogP contribution in [0.5, 0.6) is 17.2 Å². The Morgan fingerprint density at radius 3 is 2.20 bits per heavy atom. The lowest BCUT2D eigenvalue weighted by Gasteiger charge is -2.15. The first-order chi connectivity index (χ1) is 14.5. The molecule has 0 aromatic heterocycles. The number of nitrogens with zero attached hydrogens (tertiary/aromatic N) is 1. The molecule has 0 aliphatic rings. The average Bonchev–Trinajstić information content (AvgIpc) is 2.70. The predicted octanol–water partition coefficient (Wildman–Crippen LogP) is 5.70. The molecule has 30 heavy (non-hydrogen) atoms. The van der Waals surface area contributed by atoms with E-state index in [1.54, 1.807) is 6.21 Å². The minimum Gasteiger partial charge on any atom is -0.493 e. The Morgan fingerprint density at radius 1 is 0.833 bits per heavy atom. The van der Waals surface area contributed by atoms with Gasteiger partial charge in [-0.2, -0.15) is 0 Å². The van der Waals surface area contributed by atoms with Crippen LogP contribution in [0.15, 0.2) is 41.6 Å². The summed E-state index contributed by atoms with van der Waals surface area (Å²) in [5.74, 6) is 2.67. The number of ether oxygens (including phenoxy) is 3. The molecule has 2 rings (SSSR count). The van der Waals surface area contributed by atoms with Gasteiger partial charge in [0.1, 0.15) is 31.0 Å². The van der Waals surface area contributed by atoms with Gasteiger partial charge in [0.25, 0.3) is 0 Å². The molecule has 162 valence electrons. The molecular formula is C25H33NO4. The maximum absolute atomic E-state index is 6.02. The summed E-state index contributed by atoms with van der Waals surface area (Å²) in [4.78, 5) is 4.76. The fourth-order valence-corrected chi connectivity index (χ4v) is 3.09. The molecule has 0 amide bonds. The van der Waals surface area contributed by atoms with Gasteiger partial charge in [-0.05, 0) is 86.7 Å². The zero-order valence-electron chi connectivity index (χ0n) is 19.0. The fraction of sp³-hybridized carbons (Fsp3) is 0.400. The van der Waals surface area contributed by atoms with Gasteiger partial charge >= 0.3 is 0 Å². The van der Waals surface area contributed by atoms with Crippen molar-refractivity contribution < 1.29 is 19.0 Å². The summed E-state index contributed by atoms with van der Waals surface area (Å²) in [5, 5.41) is 3.83. The average molecular weight is 412 g/mol. The molecule has 0 bridgehead atoms. The van der Waals surface area contributed by atoms with Crippen molar-refractivity contribution in [2.24, 2.45) is 5.16 Å². The summed E-state index contributed by atoms with van der Waals surface area (Å²) < 4.78 is 17.7. The lowest BCUT2D eigenvalue weighted by atomic mass is 10.1. The van der Waals surface area contributed by atoms with Crippen molar-refractivity contribution in [1.29, 1.82) is 0 Å². The molecule has 0 unspecified atom stereocenters. The van der Waals surface area contributed by atoms with Gasteiger partial charge in [0.15, 0.2) is 0 Å². The molecule has 0 saturated heterocycles. The molecule has 5 nitrogen and oxygen atoms in total. The van der Waals surface area contributed by atoms with Crippen molar-refractivity contribution in [3.05, 3.63) is 64.2 Å². The smallest absolute Gasteiger partial charge is 0.125 e. The number of allylic oxidation sites excluding steroid dienone is 1. The maximum Gasteiger partial charge on any atom is 0.125 e. The summed E-state index contributed by atoms with van der Waals surface area (Å²) in [7, 11) is 1.54. The van der Waals surface area contributed by atoms with Crippen molar-refractivity contribution in [3.63, 3.8) is 0 Å². The molecule has 0 aliphatic heterocycles. The topological polar surface area (TPSA) is 49.3 Å². The van der Waals surface area contributed by atoms with E-state index < -0.39 is 0 Å². The normalized spacial score (nSPS) is 11.3. The van der Waals surface area contributed by atoms with Crippen LogP contribution in [-0.4, -0.2) is 33.1 Å². The van der Waals surface area contributed by atoms with E-state index in [1.807, 2.05) is 65.0 Å². The Balaban J connectivity index is 1.85. The lowest BCUT2D eigenvalue weighted by molar-refractivity contribution is 0.215. The van der Waals surface area contributed by atoms with Crippen LogP contribution in [-0.2, 0) is 4.84 Å². The third-order valence-electron chi connectivity index (χ3n) is 4.67. The van der Waals surface area contributed by atoms with Crippen LogP contribution < -0.4 is 14.2 Å². The minimum atomic E-state index is 0.575. The molecule has 5 heteroatoms. The number of hydrogen-bond donors (Lipinski definition) is 0. The van der Waals surface area contributed by atoms with Gasteiger partial charge in [0, 0.05) is 6.42 Å². The molecular weight excluding hydrogens is 378 g/mol. The lowest BCUT2D eigenvalue weighted by Crippen LogP contribution is -2.07. The number of oxime groups is 1. The van der Waals surface area contributed by atoms with E-state index in [1.165, 1.54) is 7.11 Å². The van der Waals surface area contributed by atoms with Crippen molar-refractivity contribution in [2.75, 3.05) is 26.9 Å². The predicted molar refractivity (Wildman–Crippen MR) is 122 cm³/mol. The van der Waals surface area contributed by atoms with E-state index in [-0.39, 0.29) is 0 Å². The highest BCUT2D eigenvalue weighted by Gasteiger charge is 2.08. The third kappa shape index (κ3) is 6.83. The molecule has 2 aromatic rings. The Kier molecular flexibility index (Phi) is 9.26. The quantitative estimate of drug-likeness (QED) is 0.206. The molecule has 0 radical (unpaired) electrons. The minimum absolute atomic E-state index is 0.575. The summed E-state index contributed by atoms with van der Waals surface area (Å²) in [6.07, 6.45) is 6.47. The van der Waals surface area contributed by atoms with Gasteiger partial charge in [-0.1, -0.05) is 17.3 Å². The molecule has 0 N–H and O–H groups in total. The van der Waals surface area contributed by atoms with Crippen molar-refractivity contribution in [2.45, 2.75) is 41.0 Å². The molecule has 0 fully saturated rings. The second kappa shape index (κ2) is 11.9. The van der Waals surface area contributed by atoms with Crippen molar-refractivity contribution in [3.8, 4) is 17.2 Å². The van der Waals surface area contributed by atoms with E-state index in [0.29, 0.717) is 19.8 Å². The Labute approximate surface area is 180 Å². The Bertz CT molecular complexity index is 864. The first-order valence-electron chi connectivity index (χ1n) is 10.2. The monoisotopic (exact) mass is 411 g/mol. The number of rotatable bonds is 11. The number of hydrogen-bond acceptors (Lipinski definition) is 5. The van der Waals surface area contributed by atoms with Gasteiger partial charge in [-0.15, -0.1) is 0 Å². The van der Waals surface area contributed by atoms with E-state index >= 15 is 0 Å². The molecule has 0 saturated carbocycles. The summed E-state index contributed by atoms with van der Waals surface area (Å²) in [6, 6.07) is 8.12. The van der Waals surface area contributed by atoms with Crippen molar-refractivity contribution >= 4 is 6.21 Å². The highest BCUT2D eigenvalue weighted by atomic mass is 16.6. The van der Waals surface area contributed by atoms with E-state index in [2.05, 4.69) is 11.2 Å². The van der Waals surface area contributed by atoms with Crippen LogP contribution >= 0.6 is 0 Å². The molecule has 2 aromatic carbocycles. The summed E-state index contributed by atoms with van der Waals surface area (Å²) in [6.45, 7) is 11.9. The van der Waals surface area contributed by atoms with Crippen LogP contribution in [0.25, 0.3) is 0 Å². The van der Waals surface area contributed by atoms with Crippen LogP contribution in [0, 0.1) is 27.7 Å². The zero-order valence-corrected chi connectivity index (χ0v) is 19.0. The van der Waals surface area contributed by atoms with Crippen molar-refractivity contribution in [1.82, 2.24) is 0 Å². The van der Waals surface area contributed by atoms with Crippen LogP contribution in [0.4, 0.5) is 0 Å². The highest BCUT2D eigenvalue weighted by molar-refractivity contribution is 5.82. The summed E-state index contributed by atoms with van der Waals surface area (Å²) in [5.41, 5.74) is 5.33. The first kappa shape index (κ1) is 23.3. The standard InChI is InChI=1S/C25H33NO4/c1-7-8-10-28-23-14-20(4)25(21(5)15-23)30-12-9-11-29-24-16-18(2)22(13-19(24)3)17-26-27-6/h7-8,13-17H,9-12H2,1-6H3/b8-7+,26-17?. The Morgan fingerprint density at radius 2 is 1.53 bits per heavy atom. The second-order valence-electron chi connectivity index (χ2n) is 7.21. The van der Waals surface area contributed by atoms with E-state index in [4.69, 9.17) is 19.0 Å². The van der Waals surface area contributed by atoms with Gasteiger partial charge in [-0.25, -0.2) is 0 Å².